The fourth-order valence-electron chi connectivity index (χ4n) is 2.62. The fourth-order valence-corrected chi connectivity index (χ4v) is 3.31. The highest BCUT2D eigenvalue weighted by Crippen LogP contribution is 2.28. The molecule has 0 aliphatic rings. The molecule has 130 valence electrons. The molecule has 3 aromatic heterocycles. The molecule has 0 aliphatic carbocycles. The molecule has 9 heteroatoms. The van der Waals surface area contributed by atoms with Crippen LogP contribution in [0.15, 0.2) is 67.0 Å². The van der Waals surface area contributed by atoms with Crippen molar-refractivity contribution in [1.29, 1.82) is 0 Å². The average Bonchev–Trinajstić information content (AvgIpc) is 3.18. The summed E-state index contributed by atoms with van der Waals surface area (Å²) in [5.41, 5.74) is -0.0304. The van der Waals surface area contributed by atoms with Gasteiger partial charge in [-0.05, 0) is 24.3 Å². The zero-order chi connectivity index (χ0) is 18.4. The zero-order valence-corrected chi connectivity index (χ0v) is 14.3. The van der Waals surface area contributed by atoms with Crippen LogP contribution in [0.2, 0.25) is 0 Å². The van der Waals surface area contributed by atoms with Crippen molar-refractivity contribution in [2.24, 2.45) is 0 Å². The van der Waals surface area contributed by atoms with Crippen LogP contribution in [-0.4, -0.2) is 20.2 Å². The second kappa shape index (κ2) is 5.92. The van der Waals surface area contributed by atoms with E-state index in [0.717, 1.165) is 11.3 Å². The molecule has 0 unspecified atom stereocenters. The van der Waals surface area contributed by atoms with Crippen molar-refractivity contribution in [2.75, 3.05) is 0 Å². The van der Waals surface area contributed by atoms with Crippen LogP contribution in [0.4, 0.5) is 0 Å². The molecule has 0 saturated carbocycles. The summed E-state index contributed by atoms with van der Waals surface area (Å²) in [6.45, 7) is 0. The Morgan fingerprint density at radius 3 is 1.59 bits per heavy atom. The van der Waals surface area contributed by atoms with Gasteiger partial charge in [0.25, 0.3) is 11.8 Å². The third-order valence-electron chi connectivity index (χ3n) is 3.86. The minimum Gasteiger partial charge on any atom is -0.400 e. The van der Waals surface area contributed by atoms with E-state index in [0.29, 0.717) is 21.8 Å². The molecule has 0 fully saturated rings. The number of hydrogen-bond donors (Lipinski definition) is 0. The van der Waals surface area contributed by atoms with E-state index in [-0.39, 0.29) is 21.8 Å². The van der Waals surface area contributed by atoms with Gasteiger partial charge >= 0.3 is 11.3 Å². The first-order chi connectivity index (χ1) is 13.2. The Morgan fingerprint density at radius 1 is 0.667 bits per heavy atom. The minimum atomic E-state index is -0.511. The molecule has 0 atom stereocenters. The molecular formula is C18H8N4O4S. The lowest BCUT2D eigenvalue weighted by molar-refractivity contribution is 0.515. The number of aromatic nitrogens is 4. The van der Waals surface area contributed by atoms with Crippen LogP contribution in [0.3, 0.4) is 0 Å². The SMILES string of the molecule is O=c1oc(-c2nnc(-c3nc4ccccc4c(=O)o3)s2)nc2ccccc12. The normalized spacial score (nSPS) is 11.3. The Balaban J connectivity index is 1.63. The van der Waals surface area contributed by atoms with E-state index < -0.39 is 11.3 Å². The molecule has 0 amide bonds. The Hall–Kier alpha value is -3.72. The molecule has 0 aliphatic heterocycles. The third-order valence-corrected chi connectivity index (χ3v) is 4.76. The number of para-hydroxylation sites is 2. The van der Waals surface area contributed by atoms with Crippen LogP contribution in [0.25, 0.3) is 43.6 Å². The van der Waals surface area contributed by atoms with Gasteiger partial charge in [-0.2, -0.15) is 0 Å². The zero-order valence-electron chi connectivity index (χ0n) is 13.4. The van der Waals surface area contributed by atoms with Gasteiger partial charge in [-0.15, -0.1) is 10.2 Å². The molecule has 0 saturated heterocycles. The molecule has 2 aromatic carbocycles. The number of hydrogen-bond acceptors (Lipinski definition) is 9. The third kappa shape index (κ3) is 2.61. The maximum Gasteiger partial charge on any atom is 0.347 e. The van der Waals surface area contributed by atoms with Gasteiger partial charge in [0.15, 0.2) is 0 Å². The quantitative estimate of drug-likeness (QED) is 0.462. The summed E-state index contributed by atoms with van der Waals surface area (Å²) < 4.78 is 10.5. The molecule has 27 heavy (non-hydrogen) atoms. The molecule has 5 rings (SSSR count). The molecular weight excluding hydrogens is 368 g/mol. The van der Waals surface area contributed by atoms with Gasteiger partial charge in [0.1, 0.15) is 0 Å². The van der Waals surface area contributed by atoms with E-state index in [1.165, 1.54) is 0 Å². The Morgan fingerprint density at radius 2 is 1.11 bits per heavy atom. The highest BCUT2D eigenvalue weighted by atomic mass is 32.1. The van der Waals surface area contributed by atoms with Gasteiger partial charge in [-0.3, -0.25) is 0 Å². The number of rotatable bonds is 2. The lowest BCUT2D eigenvalue weighted by Crippen LogP contribution is -2.02. The lowest BCUT2D eigenvalue weighted by atomic mass is 10.2. The number of fused-ring (bicyclic) bond motifs is 2. The van der Waals surface area contributed by atoms with Gasteiger partial charge in [0.2, 0.25) is 10.0 Å². The molecule has 5 aromatic rings. The van der Waals surface area contributed by atoms with Crippen LogP contribution in [0, 0.1) is 0 Å². The van der Waals surface area contributed by atoms with Gasteiger partial charge in [-0.25, -0.2) is 19.6 Å². The summed E-state index contributed by atoms with van der Waals surface area (Å²) >= 11 is 1.06. The topological polar surface area (TPSA) is 112 Å². The van der Waals surface area contributed by atoms with E-state index >= 15 is 0 Å². The highest BCUT2D eigenvalue weighted by Gasteiger charge is 2.17. The van der Waals surface area contributed by atoms with Crippen LogP contribution in [0.5, 0.6) is 0 Å². The van der Waals surface area contributed by atoms with E-state index in [2.05, 4.69) is 20.2 Å². The lowest BCUT2D eigenvalue weighted by Gasteiger charge is -1.97. The van der Waals surface area contributed by atoms with Crippen molar-refractivity contribution >= 4 is 33.1 Å². The number of nitrogens with zero attached hydrogens (tertiary/aromatic N) is 4. The predicted octanol–water partition coefficient (Wildman–Crippen LogP) is 2.87. The van der Waals surface area contributed by atoms with E-state index in [1.807, 2.05) is 0 Å². The van der Waals surface area contributed by atoms with Crippen LogP contribution in [0.1, 0.15) is 0 Å². The van der Waals surface area contributed by atoms with E-state index in [1.54, 1.807) is 48.5 Å². The maximum atomic E-state index is 12.1. The summed E-state index contributed by atoms with van der Waals surface area (Å²) in [6.07, 6.45) is 0. The Labute approximate surface area is 153 Å². The number of benzene rings is 2. The molecule has 0 spiro atoms. The van der Waals surface area contributed by atoms with Gasteiger partial charge in [0, 0.05) is 0 Å². The second-order valence-corrected chi connectivity index (χ2v) is 6.54. The highest BCUT2D eigenvalue weighted by molar-refractivity contribution is 7.17. The largest absolute Gasteiger partial charge is 0.400 e. The van der Waals surface area contributed by atoms with Crippen molar-refractivity contribution in [3.8, 4) is 21.8 Å². The monoisotopic (exact) mass is 376 g/mol. The van der Waals surface area contributed by atoms with Crippen molar-refractivity contribution in [3.05, 3.63) is 69.4 Å². The van der Waals surface area contributed by atoms with E-state index in [9.17, 15) is 9.59 Å². The summed E-state index contributed by atoms with van der Waals surface area (Å²) in [5, 5.41) is 9.31. The van der Waals surface area contributed by atoms with Gasteiger partial charge < -0.3 is 8.83 Å². The second-order valence-electron chi connectivity index (χ2n) is 5.56. The van der Waals surface area contributed by atoms with Crippen LogP contribution in [-0.2, 0) is 0 Å². The molecule has 8 nitrogen and oxygen atoms in total. The Kier molecular flexibility index (Phi) is 3.41. The van der Waals surface area contributed by atoms with Crippen molar-refractivity contribution < 1.29 is 8.83 Å². The summed E-state index contributed by atoms with van der Waals surface area (Å²) in [5.74, 6) is 0.0937. The first-order valence-corrected chi connectivity index (χ1v) is 8.65. The minimum absolute atomic E-state index is 0.0468. The van der Waals surface area contributed by atoms with Gasteiger partial charge in [0.05, 0.1) is 21.8 Å². The first kappa shape index (κ1) is 15.5. The molecule has 0 bridgehead atoms. The smallest absolute Gasteiger partial charge is 0.347 e. The van der Waals surface area contributed by atoms with Gasteiger partial charge in [-0.1, -0.05) is 35.6 Å². The standard InChI is InChI=1S/C18H8N4O4S/c23-17-9-5-1-3-7-11(9)19-13(25-17)15-21-22-16(27-15)14-20-12-8-4-2-6-10(12)18(24)26-14/h1-8H. The predicted molar refractivity (Wildman–Crippen MR) is 98.5 cm³/mol. The van der Waals surface area contributed by atoms with Crippen molar-refractivity contribution in [2.45, 2.75) is 0 Å². The fraction of sp³-hybridized carbons (Fsp3) is 0. The van der Waals surface area contributed by atoms with Crippen molar-refractivity contribution in [1.82, 2.24) is 20.2 Å². The van der Waals surface area contributed by atoms with Crippen LogP contribution < -0.4 is 11.3 Å². The summed E-state index contributed by atoms with van der Waals surface area (Å²) in [4.78, 5) is 32.9. The molecule has 0 N–H and O–H groups in total. The first-order valence-electron chi connectivity index (χ1n) is 7.83. The Bertz CT molecular complexity index is 1330. The van der Waals surface area contributed by atoms with E-state index in [4.69, 9.17) is 8.83 Å². The average molecular weight is 376 g/mol. The van der Waals surface area contributed by atoms with Crippen molar-refractivity contribution in [3.63, 3.8) is 0 Å². The van der Waals surface area contributed by atoms with Crippen LogP contribution >= 0.6 is 11.3 Å². The maximum absolute atomic E-state index is 12.1. The molecule has 0 radical (unpaired) electrons. The summed E-state index contributed by atoms with van der Waals surface area (Å²) in [6, 6.07) is 13.7. The summed E-state index contributed by atoms with van der Waals surface area (Å²) in [7, 11) is 0. The molecule has 3 heterocycles.